The van der Waals surface area contributed by atoms with E-state index >= 15 is 0 Å². The second-order valence-electron chi connectivity index (χ2n) is 9.68. The lowest BCUT2D eigenvalue weighted by atomic mass is 9.99. The van der Waals surface area contributed by atoms with Crippen molar-refractivity contribution < 1.29 is 35.9 Å². The number of piperidine rings is 1. The molecule has 0 aliphatic carbocycles. The largest absolute Gasteiger partial charge is 0.418 e. The summed E-state index contributed by atoms with van der Waals surface area (Å²) in [4.78, 5) is 15.9. The number of nitrogens with one attached hydrogen (secondary N) is 1. The van der Waals surface area contributed by atoms with Gasteiger partial charge in [-0.15, -0.1) is 0 Å². The smallest absolute Gasteiger partial charge is 0.381 e. The molecule has 2 saturated heterocycles. The van der Waals surface area contributed by atoms with Crippen LogP contribution >= 0.6 is 11.8 Å². The van der Waals surface area contributed by atoms with Crippen molar-refractivity contribution in [2.45, 2.75) is 48.0 Å². The molecule has 2 aromatic rings. The summed E-state index contributed by atoms with van der Waals surface area (Å²) in [5.74, 6) is -0.590. The maximum absolute atomic E-state index is 14.2. The minimum absolute atomic E-state index is 0.169. The molecule has 2 heterocycles. The van der Waals surface area contributed by atoms with Crippen molar-refractivity contribution in [2.24, 2.45) is 0 Å². The molecule has 2 aromatic carbocycles. The zero-order chi connectivity index (χ0) is 28.9. The highest BCUT2D eigenvalue weighted by molar-refractivity contribution is 7.99. The van der Waals surface area contributed by atoms with Gasteiger partial charge >= 0.3 is 12.4 Å². The first kappa shape index (κ1) is 30.3. The molecule has 0 bridgehead atoms. The lowest BCUT2D eigenvalue weighted by molar-refractivity contribution is -0.163. The van der Waals surface area contributed by atoms with Crippen LogP contribution in [0.1, 0.15) is 36.5 Å². The van der Waals surface area contributed by atoms with Gasteiger partial charge in [0.25, 0.3) is 0 Å². The number of rotatable bonds is 7. The molecule has 2 aliphatic rings. The number of nitrogens with zero attached hydrogens (tertiary/aromatic N) is 2. The van der Waals surface area contributed by atoms with E-state index in [1.807, 2.05) is 0 Å². The number of likely N-dealkylation sites (tertiary alicyclic amines) is 1. The van der Waals surface area contributed by atoms with Gasteiger partial charge in [-0.1, -0.05) is 30.8 Å². The maximum atomic E-state index is 14.2. The molecule has 40 heavy (non-hydrogen) atoms. The number of ether oxygens (including phenoxy) is 1. The standard InChI is InChI=1S/C28H31F6N3O2S/c1-2-36-12-4-6-21(18-36)35-20-5-3-7-22(17-20)40-23-10-8-19(9-11-24(38)37-13-15-39-16-14-37)25(27(29,30)31)26(23)28(32,33)34/h3,5,7-11,17,21,35H,2,4,6,12-16,18H2,1H3/b11-9+. The fraction of sp³-hybridized carbons (Fsp3) is 0.464. The van der Waals surface area contributed by atoms with E-state index < -0.39 is 39.8 Å². The Morgan fingerprint density at radius 3 is 2.45 bits per heavy atom. The third kappa shape index (κ3) is 7.73. The van der Waals surface area contributed by atoms with Gasteiger partial charge in [-0.05, 0) is 61.8 Å². The van der Waals surface area contributed by atoms with Crippen molar-refractivity contribution in [3.05, 3.63) is 59.2 Å². The Labute approximate surface area is 233 Å². The normalized spacial score (nSPS) is 19.3. The molecule has 1 unspecified atom stereocenters. The molecular weight excluding hydrogens is 556 g/mol. The Bertz CT molecular complexity index is 1210. The predicted molar refractivity (Wildman–Crippen MR) is 142 cm³/mol. The number of carbonyl (C=O) groups excluding carboxylic acids is 1. The van der Waals surface area contributed by atoms with Crippen LogP contribution in [0.15, 0.2) is 52.3 Å². The number of hydrogen-bond donors (Lipinski definition) is 1. The summed E-state index contributed by atoms with van der Waals surface area (Å²) in [6.07, 6.45) is -6.94. The number of amides is 1. The highest BCUT2D eigenvalue weighted by Crippen LogP contribution is 2.48. The average Bonchev–Trinajstić information content (AvgIpc) is 2.91. The topological polar surface area (TPSA) is 44.8 Å². The van der Waals surface area contributed by atoms with Gasteiger partial charge in [-0.2, -0.15) is 26.3 Å². The number of carbonyl (C=O) groups is 1. The summed E-state index contributed by atoms with van der Waals surface area (Å²) >= 11 is 0.625. The Morgan fingerprint density at radius 1 is 1.05 bits per heavy atom. The van der Waals surface area contributed by atoms with Crippen molar-refractivity contribution in [3.63, 3.8) is 0 Å². The van der Waals surface area contributed by atoms with Gasteiger partial charge < -0.3 is 19.9 Å². The molecule has 4 rings (SSSR count). The van der Waals surface area contributed by atoms with Crippen LogP contribution < -0.4 is 5.32 Å². The van der Waals surface area contributed by atoms with E-state index in [9.17, 15) is 31.1 Å². The van der Waals surface area contributed by atoms with E-state index in [2.05, 4.69) is 17.1 Å². The number of anilines is 1. The summed E-state index contributed by atoms with van der Waals surface area (Å²) in [6, 6.07) is 8.85. The number of halogens is 6. The second kappa shape index (κ2) is 12.9. The fourth-order valence-electron chi connectivity index (χ4n) is 4.93. The number of likely N-dealkylation sites (N-methyl/N-ethyl adjacent to an activating group) is 1. The minimum atomic E-state index is -5.31. The number of hydrogen-bond acceptors (Lipinski definition) is 5. The Kier molecular flexibility index (Phi) is 9.73. The zero-order valence-corrected chi connectivity index (χ0v) is 22.8. The fourth-order valence-corrected chi connectivity index (χ4v) is 5.98. The maximum Gasteiger partial charge on any atom is 0.418 e. The van der Waals surface area contributed by atoms with Crippen LogP contribution in [0.4, 0.5) is 32.0 Å². The van der Waals surface area contributed by atoms with Crippen LogP contribution in [0.5, 0.6) is 0 Å². The van der Waals surface area contributed by atoms with Crippen molar-refractivity contribution >= 4 is 29.4 Å². The van der Waals surface area contributed by atoms with Gasteiger partial charge in [0.15, 0.2) is 0 Å². The van der Waals surface area contributed by atoms with Crippen LogP contribution in [-0.4, -0.2) is 67.7 Å². The van der Waals surface area contributed by atoms with Crippen molar-refractivity contribution in [1.29, 1.82) is 0 Å². The van der Waals surface area contributed by atoms with E-state index in [0.717, 1.165) is 56.8 Å². The molecular formula is C28H31F6N3O2S. The van der Waals surface area contributed by atoms with E-state index in [0.29, 0.717) is 22.3 Å². The highest BCUT2D eigenvalue weighted by Gasteiger charge is 2.46. The molecule has 12 heteroatoms. The summed E-state index contributed by atoms with van der Waals surface area (Å²) in [7, 11) is 0. The molecule has 2 aliphatic heterocycles. The van der Waals surface area contributed by atoms with Gasteiger partial charge in [0.2, 0.25) is 5.91 Å². The van der Waals surface area contributed by atoms with E-state index in [1.54, 1.807) is 24.3 Å². The quantitative estimate of drug-likeness (QED) is 0.291. The first-order valence-corrected chi connectivity index (χ1v) is 13.9. The number of benzene rings is 2. The van der Waals surface area contributed by atoms with Crippen LogP contribution in [-0.2, 0) is 21.9 Å². The second-order valence-corrected chi connectivity index (χ2v) is 10.8. The van der Waals surface area contributed by atoms with E-state index in [1.165, 1.54) is 4.90 Å². The third-order valence-electron chi connectivity index (χ3n) is 6.88. The zero-order valence-electron chi connectivity index (χ0n) is 21.9. The molecule has 0 aromatic heterocycles. The SMILES string of the molecule is CCN1CCCC(Nc2cccc(Sc3ccc(/C=C/C(=O)N4CCOCC4)c(C(F)(F)F)c3C(F)(F)F)c2)C1. The third-order valence-corrected chi connectivity index (χ3v) is 7.93. The van der Waals surface area contributed by atoms with Crippen molar-refractivity contribution in [1.82, 2.24) is 9.80 Å². The Balaban J connectivity index is 1.63. The Hall–Kier alpha value is -2.70. The summed E-state index contributed by atoms with van der Waals surface area (Å²) < 4.78 is 90.3. The van der Waals surface area contributed by atoms with E-state index in [-0.39, 0.29) is 32.3 Å². The van der Waals surface area contributed by atoms with Crippen LogP contribution in [0, 0.1) is 0 Å². The summed E-state index contributed by atoms with van der Waals surface area (Å²) in [5.41, 5.74) is -3.61. The molecule has 0 saturated carbocycles. The van der Waals surface area contributed by atoms with E-state index in [4.69, 9.17) is 4.74 Å². The molecule has 0 radical (unpaired) electrons. The molecule has 0 spiro atoms. The van der Waals surface area contributed by atoms with Crippen LogP contribution in [0.25, 0.3) is 6.08 Å². The van der Waals surface area contributed by atoms with Gasteiger partial charge in [-0.25, -0.2) is 0 Å². The predicted octanol–water partition coefficient (Wildman–Crippen LogP) is 6.64. The van der Waals surface area contributed by atoms with Crippen LogP contribution in [0.3, 0.4) is 0 Å². The van der Waals surface area contributed by atoms with Crippen molar-refractivity contribution in [3.8, 4) is 0 Å². The summed E-state index contributed by atoms with van der Waals surface area (Å²) in [5, 5.41) is 3.41. The lowest BCUT2D eigenvalue weighted by Gasteiger charge is -2.32. The first-order chi connectivity index (χ1) is 19.0. The van der Waals surface area contributed by atoms with Gasteiger partial charge in [0.1, 0.15) is 0 Å². The minimum Gasteiger partial charge on any atom is -0.381 e. The monoisotopic (exact) mass is 587 g/mol. The van der Waals surface area contributed by atoms with Crippen LogP contribution in [0.2, 0.25) is 0 Å². The van der Waals surface area contributed by atoms with Crippen molar-refractivity contribution in [2.75, 3.05) is 51.3 Å². The molecule has 5 nitrogen and oxygen atoms in total. The Morgan fingerprint density at radius 2 is 1.77 bits per heavy atom. The molecule has 2 fully saturated rings. The first-order valence-electron chi connectivity index (χ1n) is 13.1. The molecule has 1 atom stereocenters. The highest BCUT2D eigenvalue weighted by atomic mass is 32.2. The summed E-state index contributed by atoms with van der Waals surface area (Å²) in [6.45, 7) is 5.92. The lowest BCUT2D eigenvalue weighted by Crippen LogP contribution is -2.41. The van der Waals surface area contributed by atoms with Gasteiger partial charge in [-0.3, -0.25) is 4.79 Å². The number of alkyl halides is 6. The number of morpholine rings is 1. The van der Waals surface area contributed by atoms with Gasteiger partial charge in [0.05, 0.1) is 24.3 Å². The molecule has 218 valence electrons. The molecule has 1 amide bonds. The molecule has 1 N–H and O–H groups in total. The average molecular weight is 588 g/mol. The van der Waals surface area contributed by atoms with Gasteiger partial charge in [0, 0.05) is 47.2 Å².